The summed E-state index contributed by atoms with van der Waals surface area (Å²) in [6.45, 7) is 1.89. The van der Waals surface area contributed by atoms with E-state index in [2.05, 4.69) is 20.2 Å². The number of hydrogen-bond donors (Lipinski definition) is 3. The normalized spacial score (nSPS) is 15.8. The number of aromatic amines is 1. The Balaban J connectivity index is 1.76. The lowest BCUT2D eigenvalue weighted by atomic mass is 9.96. The van der Waals surface area contributed by atoms with Crippen molar-refractivity contribution in [3.8, 4) is 5.75 Å². The minimum Gasteiger partial charge on any atom is -0.501 e. The first-order valence-electron chi connectivity index (χ1n) is 8.48. The van der Waals surface area contributed by atoms with E-state index in [1.165, 1.54) is 12.1 Å². The van der Waals surface area contributed by atoms with Crippen LogP contribution in [0.3, 0.4) is 0 Å². The molecular weight excluding hydrogens is 339 g/mol. The smallest absolute Gasteiger partial charge is 0.293 e. The van der Waals surface area contributed by atoms with Gasteiger partial charge in [-0.3, -0.25) is 9.59 Å². The van der Waals surface area contributed by atoms with Crippen LogP contribution < -0.4 is 10.9 Å². The molecule has 8 heteroatoms. The number of nitrogens with zero attached hydrogens (tertiary/aromatic N) is 2. The Labute approximate surface area is 149 Å². The van der Waals surface area contributed by atoms with E-state index in [9.17, 15) is 19.1 Å². The summed E-state index contributed by atoms with van der Waals surface area (Å²) in [4.78, 5) is 33.4. The number of carbonyl (C=O) groups excluding carboxylic acids is 1. The highest BCUT2D eigenvalue weighted by Crippen LogP contribution is 2.25. The van der Waals surface area contributed by atoms with Crippen molar-refractivity contribution in [1.29, 1.82) is 0 Å². The monoisotopic (exact) mass is 360 g/mol. The van der Waals surface area contributed by atoms with Gasteiger partial charge in [0.25, 0.3) is 11.5 Å². The highest BCUT2D eigenvalue weighted by molar-refractivity contribution is 5.94. The standard InChI is InChI=1S/C18H21FN4O3/c1-23-8-6-12(7-9-23)16-21-14(15(24)18(26)22-16)17(25)20-10-11-2-4-13(19)5-3-11/h2-5,12,24H,6-10H2,1H3,(H,20,25)(H,21,22,26). The van der Waals surface area contributed by atoms with E-state index in [1.54, 1.807) is 12.1 Å². The molecular formula is C18H21FN4O3. The van der Waals surface area contributed by atoms with Gasteiger partial charge in [0.1, 0.15) is 11.6 Å². The van der Waals surface area contributed by atoms with Crippen LogP contribution in [0.25, 0.3) is 0 Å². The number of carbonyl (C=O) groups is 1. The number of halogens is 1. The summed E-state index contributed by atoms with van der Waals surface area (Å²) in [5.74, 6) is -1.24. The third kappa shape index (κ3) is 4.08. The van der Waals surface area contributed by atoms with Crippen LogP contribution in [0.4, 0.5) is 4.39 Å². The lowest BCUT2D eigenvalue weighted by Crippen LogP contribution is -2.32. The number of benzene rings is 1. The van der Waals surface area contributed by atoms with Crippen LogP contribution in [0.15, 0.2) is 29.1 Å². The summed E-state index contributed by atoms with van der Waals surface area (Å²) in [5, 5.41) is 12.5. The zero-order valence-corrected chi connectivity index (χ0v) is 14.5. The third-order valence-corrected chi connectivity index (χ3v) is 4.60. The van der Waals surface area contributed by atoms with Gasteiger partial charge in [-0.2, -0.15) is 0 Å². The Hall–Kier alpha value is -2.74. The van der Waals surface area contributed by atoms with Gasteiger partial charge in [-0.25, -0.2) is 9.37 Å². The molecule has 1 aliphatic rings. The molecule has 3 rings (SSSR count). The molecule has 0 spiro atoms. The van der Waals surface area contributed by atoms with E-state index in [0.29, 0.717) is 11.4 Å². The van der Waals surface area contributed by atoms with Crippen molar-refractivity contribution in [2.45, 2.75) is 25.3 Å². The quantitative estimate of drug-likeness (QED) is 0.765. The molecule has 7 nitrogen and oxygen atoms in total. The molecule has 2 aromatic rings. The van der Waals surface area contributed by atoms with Crippen molar-refractivity contribution in [2.75, 3.05) is 20.1 Å². The summed E-state index contributed by atoms with van der Waals surface area (Å²) in [6.07, 6.45) is 1.64. The van der Waals surface area contributed by atoms with Crippen LogP contribution in [0.5, 0.6) is 5.75 Å². The van der Waals surface area contributed by atoms with Crippen LogP contribution in [-0.2, 0) is 6.54 Å². The van der Waals surface area contributed by atoms with Crippen molar-refractivity contribution in [3.05, 3.63) is 57.5 Å². The van der Waals surface area contributed by atoms with Crippen LogP contribution >= 0.6 is 0 Å². The van der Waals surface area contributed by atoms with Gasteiger partial charge >= 0.3 is 0 Å². The molecule has 1 aliphatic heterocycles. The molecule has 1 aromatic carbocycles. The molecule has 1 saturated heterocycles. The summed E-state index contributed by atoms with van der Waals surface area (Å²) in [5.41, 5.74) is -0.315. The number of nitrogens with one attached hydrogen (secondary N) is 2. The van der Waals surface area contributed by atoms with Gasteiger partial charge < -0.3 is 20.3 Å². The minimum atomic E-state index is -0.721. The fraction of sp³-hybridized carbons (Fsp3) is 0.389. The van der Waals surface area contributed by atoms with Gasteiger partial charge in [-0.1, -0.05) is 12.1 Å². The molecule has 26 heavy (non-hydrogen) atoms. The average molecular weight is 360 g/mol. The van der Waals surface area contributed by atoms with Gasteiger partial charge in [-0.05, 0) is 50.7 Å². The summed E-state index contributed by atoms with van der Waals surface area (Å²) >= 11 is 0. The molecule has 1 fully saturated rings. The number of amides is 1. The first kappa shape index (κ1) is 18.1. The fourth-order valence-corrected chi connectivity index (χ4v) is 2.99. The maximum Gasteiger partial charge on any atom is 0.293 e. The zero-order valence-electron chi connectivity index (χ0n) is 14.5. The molecule has 0 saturated carbocycles. The number of likely N-dealkylation sites (tertiary alicyclic amines) is 1. The molecule has 138 valence electrons. The number of aromatic hydroxyl groups is 1. The molecule has 0 atom stereocenters. The second-order valence-corrected chi connectivity index (χ2v) is 6.54. The molecule has 1 amide bonds. The first-order valence-corrected chi connectivity index (χ1v) is 8.48. The molecule has 1 aromatic heterocycles. The lowest BCUT2D eigenvalue weighted by Gasteiger charge is -2.28. The SMILES string of the molecule is CN1CCC(c2nc(C(=O)NCc3ccc(F)cc3)c(O)c(=O)[nH]2)CC1. The fourth-order valence-electron chi connectivity index (χ4n) is 2.99. The second kappa shape index (κ2) is 7.65. The topological polar surface area (TPSA) is 98.3 Å². The molecule has 0 aliphatic carbocycles. The van der Waals surface area contributed by atoms with E-state index in [-0.39, 0.29) is 24.0 Å². The average Bonchev–Trinajstić information content (AvgIpc) is 2.64. The minimum absolute atomic E-state index is 0.0446. The number of piperidine rings is 1. The molecule has 0 unspecified atom stereocenters. The summed E-state index contributed by atoms with van der Waals surface area (Å²) in [7, 11) is 2.03. The van der Waals surface area contributed by atoms with Crippen molar-refractivity contribution >= 4 is 5.91 Å². The van der Waals surface area contributed by atoms with Gasteiger partial charge in [0.15, 0.2) is 5.69 Å². The van der Waals surface area contributed by atoms with Crippen LogP contribution in [0, 0.1) is 5.82 Å². The summed E-state index contributed by atoms with van der Waals surface area (Å²) in [6, 6.07) is 5.68. The highest BCUT2D eigenvalue weighted by Gasteiger charge is 2.24. The Kier molecular flexibility index (Phi) is 5.32. The Bertz CT molecular complexity index is 843. The van der Waals surface area contributed by atoms with E-state index in [1.807, 2.05) is 7.05 Å². The van der Waals surface area contributed by atoms with E-state index >= 15 is 0 Å². The maximum absolute atomic E-state index is 12.9. The molecule has 0 bridgehead atoms. The summed E-state index contributed by atoms with van der Waals surface area (Å²) < 4.78 is 12.9. The van der Waals surface area contributed by atoms with Crippen molar-refractivity contribution in [2.24, 2.45) is 0 Å². The van der Waals surface area contributed by atoms with Gasteiger partial charge in [0.05, 0.1) is 0 Å². The zero-order chi connectivity index (χ0) is 18.7. The predicted octanol–water partition coefficient (Wildman–Crippen LogP) is 1.35. The highest BCUT2D eigenvalue weighted by atomic mass is 19.1. The van der Waals surface area contributed by atoms with E-state index in [4.69, 9.17) is 0 Å². The van der Waals surface area contributed by atoms with Crippen molar-refractivity contribution in [3.63, 3.8) is 0 Å². The van der Waals surface area contributed by atoms with Crippen molar-refractivity contribution < 1.29 is 14.3 Å². The largest absolute Gasteiger partial charge is 0.501 e. The Morgan fingerprint density at radius 1 is 1.35 bits per heavy atom. The molecule has 0 radical (unpaired) electrons. The lowest BCUT2D eigenvalue weighted by molar-refractivity contribution is 0.0941. The van der Waals surface area contributed by atoms with Crippen LogP contribution in [0.1, 0.15) is 40.6 Å². The second-order valence-electron chi connectivity index (χ2n) is 6.54. The Morgan fingerprint density at radius 3 is 2.65 bits per heavy atom. The maximum atomic E-state index is 12.9. The molecule has 2 heterocycles. The Morgan fingerprint density at radius 2 is 2.00 bits per heavy atom. The predicted molar refractivity (Wildman–Crippen MR) is 93.6 cm³/mol. The van der Waals surface area contributed by atoms with Gasteiger partial charge in [0, 0.05) is 12.5 Å². The van der Waals surface area contributed by atoms with E-state index < -0.39 is 17.2 Å². The molecule has 3 N–H and O–H groups in total. The number of H-pyrrole nitrogens is 1. The third-order valence-electron chi connectivity index (χ3n) is 4.60. The van der Waals surface area contributed by atoms with Gasteiger partial charge in [0.2, 0.25) is 5.75 Å². The number of rotatable bonds is 4. The van der Waals surface area contributed by atoms with Gasteiger partial charge in [-0.15, -0.1) is 0 Å². The van der Waals surface area contributed by atoms with Crippen LogP contribution in [-0.4, -0.2) is 46.0 Å². The number of hydrogen-bond acceptors (Lipinski definition) is 5. The van der Waals surface area contributed by atoms with Crippen LogP contribution in [0.2, 0.25) is 0 Å². The first-order chi connectivity index (χ1) is 12.4. The van der Waals surface area contributed by atoms with Crippen molar-refractivity contribution in [1.82, 2.24) is 20.2 Å². The van der Waals surface area contributed by atoms with E-state index in [0.717, 1.165) is 25.9 Å². The number of aromatic nitrogens is 2.